The molecule has 0 aliphatic carbocycles. The number of hydrogen-bond acceptors (Lipinski definition) is 4. The van der Waals surface area contributed by atoms with Gasteiger partial charge in [-0.3, -0.25) is 4.79 Å². The van der Waals surface area contributed by atoms with Gasteiger partial charge in [-0.05, 0) is 17.7 Å². The molecule has 2 aromatic rings. The Morgan fingerprint density at radius 3 is 2.38 bits per heavy atom. The van der Waals surface area contributed by atoms with Crippen LogP contribution < -0.4 is 4.90 Å². The summed E-state index contributed by atoms with van der Waals surface area (Å²) in [6, 6.07) is 18.0. The fraction of sp³-hybridized carbons (Fsp3) is 0.333. The number of carbonyl (C=O) groups is 1. The SMILES string of the molecule is CN(Cc1ccccc1)C(=O)C[NH+]1CCN(S(=O)(=O)c2ccccc2C#N)CC1. The van der Waals surface area contributed by atoms with E-state index in [0.29, 0.717) is 39.3 Å². The van der Waals surface area contributed by atoms with Crippen LogP contribution in [0, 0.1) is 11.3 Å². The first-order valence-electron chi connectivity index (χ1n) is 9.52. The Morgan fingerprint density at radius 1 is 1.10 bits per heavy atom. The van der Waals surface area contributed by atoms with E-state index in [1.54, 1.807) is 24.1 Å². The molecule has 0 aromatic heterocycles. The molecule has 0 bridgehead atoms. The van der Waals surface area contributed by atoms with Gasteiger partial charge in [-0.25, -0.2) is 8.42 Å². The quantitative estimate of drug-likeness (QED) is 0.728. The minimum absolute atomic E-state index is 0.0370. The van der Waals surface area contributed by atoms with E-state index in [1.807, 2.05) is 36.4 Å². The number of sulfonamides is 1. The van der Waals surface area contributed by atoms with E-state index in [0.717, 1.165) is 10.5 Å². The molecule has 1 saturated heterocycles. The normalized spacial score (nSPS) is 15.6. The number of carbonyl (C=O) groups excluding carboxylic acids is 1. The average Bonchev–Trinajstić information content (AvgIpc) is 2.74. The van der Waals surface area contributed by atoms with E-state index >= 15 is 0 Å². The van der Waals surface area contributed by atoms with Crippen LogP contribution >= 0.6 is 0 Å². The molecule has 152 valence electrons. The Morgan fingerprint density at radius 2 is 1.72 bits per heavy atom. The fourth-order valence-electron chi connectivity index (χ4n) is 3.44. The van der Waals surface area contributed by atoms with Crippen molar-refractivity contribution in [2.24, 2.45) is 0 Å². The first-order chi connectivity index (χ1) is 13.9. The summed E-state index contributed by atoms with van der Waals surface area (Å²) in [5, 5.41) is 9.20. The molecule has 29 heavy (non-hydrogen) atoms. The van der Waals surface area contributed by atoms with Crippen molar-refractivity contribution in [2.75, 3.05) is 39.8 Å². The number of nitrogens with zero attached hydrogens (tertiary/aromatic N) is 3. The van der Waals surface area contributed by atoms with Crippen molar-refractivity contribution in [3.63, 3.8) is 0 Å². The molecule has 7 nitrogen and oxygen atoms in total. The van der Waals surface area contributed by atoms with Gasteiger partial charge in [0.2, 0.25) is 10.0 Å². The topological polar surface area (TPSA) is 85.9 Å². The summed E-state index contributed by atoms with van der Waals surface area (Å²) in [5.74, 6) is 0.0370. The monoisotopic (exact) mass is 413 g/mol. The number of rotatable bonds is 6. The maximum atomic E-state index is 12.9. The van der Waals surface area contributed by atoms with Crippen LogP contribution in [0.2, 0.25) is 0 Å². The van der Waals surface area contributed by atoms with Crippen LogP contribution in [0.15, 0.2) is 59.5 Å². The highest BCUT2D eigenvalue weighted by Crippen LogP contribution is 2.19. The number of nitrogens with one attached hydrogen (secondary N) is 1. The van der Waals surface area contributed by atoms with Crippen LogP contribution in [0.25, 0.3) is 0 Å². The third-order valence-corrected chi connectivity index (χ3v) is 7.10. The first kappa shape index (κ1) is 21.0. The largest absolute Gasteiger partial charge is 0.337 e. The highest BCUT2D eigenvalue weighted by atomic mass is 32.2. The predicted molar refractivity (Wildman–Crippen MR) is 108 cm³/mol. The molecule has 8 heteroatoms. The van der Waals surface area contributed by atoms with Gasteiger partial charge in [0.05, 0.1) is 36.6 Å². The molecule has 1 aliphatic heterocycles. The zero-order valence-corrected chi connectivity index (χ0v) is 17.2. The molecule has 1 amide bonds. The summed E-state index contributed by atoms with van der Waals surface area (Å²) >= 11 is 0. The Balaban J connectivity index is 1.56. The number of quaternary nitrogens is 1. The number of nitriles is 1. The molecular weight excluding hydrogens is 388 g/mol. The van der Waals surface area contributed by atoms with Crippen molar-refractivity contribution in [3.05, 3.63) is 65.7 Å². The van der Waals surface area contributed by atoms with E-state index in [2.05, 4.69) is 0 Å². The van der Waals surface area contributed by atoms with E-state index in [1.165, 1.54) is 16.4 Å². The van der Waals surface area contributed by atoms with Gasteiger partial charge in [0, 0.05) is 13.6 Å². The zero-order valence-electron chi connectivity index (χ0n) is 16.4. The lowest BCUT2D eigenvalue weighted by Gasteiger charge is -2.32. The van der Waals surface area contributed by atoms with Gasteiger partial charge >= 0.3 is 0 Å². The number of likely N-dealkylation sites (N-methyl/N-ethyl adjacent to an activating group) is 1. The Bertz CT molecular complexity index is 994. The van der Waals surface area contributed by atoms with Gasteiger partial charge < -0.3 is 9.80 Å². The number of benzene rings is 2. The second-order valence-corrected chi connectivity index (χ2v) is 9.08. The lowest BCUT2D eigenvalue weighted by molar-refractivity contribution is -0.896. The molecule has 3 rings (SSSR count). The third kappa shape index (κ3) is 5.01. The Labute approximate surface area is 171 Å². The lowest BCUT2D eigenvalue weighted by Crippen LogP contribution is -3.15. The molecule has 0 spiro atoms. The predicted octanol–water partition coefficient (Wildman–Crippen LogP) is 0.106. The van der Waals surface area contributed by atoms with E-state index < -0.39 is 10.0 Å². The number of amides is 1. The first-order valence-corrected chi connectivity index (χ1v) is 11.0. The molecule has 0 atom stereocenters. The summed E-state index contributed by atoms with van der Waals surface area (Å²) in [7, 11) is -1.93. The van der Waals surface area contributed by atoms with Crippen LogP contribution in [-0.4, -0.2) is 63.3 Å². The third-order valence-electron chi connectivity index (χ3n) is 5.14. The van der Waals surface area contributed by atoms with Gasteiger partial charge in [-0.15, -0.1) is 0 Å². The molecular formula is C21H25N4O3S+. The van der Waals surface area contributed by atoms with Gasteiger partial charge in [-0.2, -0.15) is 9.57 Å². The van der Waals surface area contributed by atoms with Crippen molar-refractivity contribution in [2.45, 2.75) is 11.4 Å². The van der Waals surface area contributed by atoms with Crippen LogP contribution in [0.3, 0.4) is 0 Å². The van der Waals surface area contributed by atoms with Gasteiger partial charge in [0.1, 0.15) is 6.07 Å². The van der Waals surface area contributed by atoms with Crippen molar-refractivity contribution in [1.29, 1.82) is 5.26 Å². The van der Waals surface area contributed by atoms with E-state index in [4.69, 9.17) is 0 Å². The average molecular weight is 414 g/mol. The van der Waals surface area contributed by atoms with Crippen LogP contribution in [0.5, 0.6) is 0 Å². The number of hydrogen-bond donors (Lipinski definition) is 1. The minimum atomic E-state index is -3.71. The van der Waals surface area contributed by atoms with E-state index in [-0.39, 0.29) is 16.4 Å². The van der Waals surface area contributed by atoms with Crippen molar-refractivity contribution >= 4 is 15.9 Å². The van der Waals surface area contributed by atoms with Crippen LogP contribution in [0.4, 0.5) is 0 Å². The minimum Gasteiger partial charge on any atom is -0.337 e. The summed E-state index contributed by atoms with van der Waals surface area (Å²) < 4.78 is 27.2. The van der Waals surface area contributed by atoms with Crippen molar-refractivity contribution in [3.8, 4) is 6.07 Å². The lowest BCUT2D eigenvalue weighted by atomic mass is 10.2. The fourth-order valence-corrected chi connectivity index (χ4v) is 5.02. The molecule has 1 aliphatic rings. The molecule has 1 fully saturated rings. The van der Waals surface area contributed by atoms with E-state index in [9.17, 15) is 18.5 Å². The summed E-state index contributed by atoms with van der Waals surface area (Å²) in [6.45, 7) is 2.66. The number of piperazine rings is 1. The van der Waals surface area contributed by atoms with Crippen molar-refractivity contribution in [1.82, 2.24) is 9.21 Å². The Hall–Kier alpha value is -2.73. The molecule has 0 radical (unpaired) electrons. The zero-order chi connectivity index (χ0) is 20.9. The second-order valence-electron chi connectivity index (χ2n) is 7.17. The molecule has 0 saturated carbocycles. The molecule has 2 aromatic carbocycles. The molecule has 1 heterocycles. The second kappa shape index (κ2) is 9.18. The smallest absolute Gasteiger partial charge is 0.277 e. The van der Waals surface area contributed by atoms with Crippen molar-refractivity contribution < 1.29 is 18.1 Å². The highest BCUT2D eigenvalue weighted by molar-refractivity contribution is 7.89. The van der Waals surface area contributed by atoms with Crippen LogP contribution in [0.1, 0.15) is 11.1 Å². The molecule has 0 unspecified atom stereocenters. The summed E-state index contributed by atoms with van der Waals surface area (Å²) in [6.07, 6.45) is 0. The molecule has 1 N–H and O–H groups in total. The standard InChI is InChI=1S/C21H24N4O3S/c1-23(16-18-7-3-2-4-8-18)21(26)17-24-11-13-25(14-12-24)29(27,28)20-10-6-5-9-19(20)15-22/h2-10H,11-14,16-17H2,1H3/p+1. The summed E-state index contributed by atoms with van der Waals surface area (Å²) in [5.41, 5.74) is 1.23. The highest BCUT2D eigenvalue weighted by Gasteiger charge is 2.32. The van der Waals surface area contributed by atoms with Crippen LogP contribution in [-0.2, 0) is 21.4 Å². The maximum Gasteiger partial charge on any atom is 0.277 e. The maximum absolute atomic E-state index is 12.9. The Kier molecular flexibility index (Phi) is 6.64. The van der Waals surface area contributed by atoms with Gasteiger partial charge in [0.15, 0.2) is 6.54 Å². The summed E-state index contributed by atoms with van der Waals surface area (Å²) in [4.78, 5) is 15.3. The van der Waals surface area contributed by atoms with Gasteiger partial charge in [0.25, 0.3) is 5.91 Å². The van der Waals surface area contributed by atoms with Gasteiger partial charge in [-0.1, -0.05) is 42.5 Å².